The fourth-order valence-corrected chi connectivity index (χ4v) is 3.74. The topological polar surface area (TPSA) is 58.6 Å². The lowest BCUT2D eigenvalue weighted by Crippen LogP contribution is -2.55. The molecule has 2 heterocycles. The third kappa shape index (κ3) is 3.49. The molecule has 2 bridgehead atoms. The maximum absolute atomic E-state index is 12.7. The molecule has 3 atom stereocenters. The molecule has 0 aromatic heterocycles. The van der Waals surface area contributed by atoms with Crippen LogP contribution in [0.1, 0.15) is 44.6 Å². The summed E-state index contributed by atoms with van der Waals surface area (Å²) < 4.78 is 5.54. The standard InChI is InChI=1S/C18H24N2O3/c1-2-15-16-10-6-9-14(11-17(21)19-15)20(16)18(22)23-12-13-7-4-3-5-8-13/h3-5,7-8,14-16H,2,6,9-12H2,1H3,(H,19,21)/t14-,15-,16+/m1/s1. The second-order valence-electron chi connectivity index (χ2n) is 6.39. The molecule has 0 saturated carbocycles. The van der Waals surface area contributed by atoms with E-state index in [1.165, 1.54) is 0 Å². The Kier molecular flexibility index (Phi) is 4.84. The minimum atomic E-state index is -0.293. The predicted octanol–water partition coefficient (Wildman–Crippen LogP) is 2.84. The monoisotopic (exact) mass is 316 g/mol. The van der Waals surface area contributed by atoms with Crippen LogP contribution in [0.15, 0.2) is 30.3 Å². The maximum Gasteiger partial charge on any atom is 0.410 e. The van der Waals surface area contributed by atoms with Gasteiger partial charge in [-0.05, 0) is 31.2 Å². The first-order valence-electron chi connectivity index (χ1n) is 8.47. The number of fused-ring (bicyclic) bond motifs is 2. The molecule has 0 spiro atoms. The summed E-state index contributed by atoms with van der Waals surface area (Å²) in [4.78, 5) is 26.6. The van der Waals surface area contributed by atoms with Gasteiger partial charge in [0.15, 0.2) is 0 Å². The molecule has 2 aliphatic rings. The van der Waals surface area contributed by atoms with Gasteiger partial charge in [0.05, 0.1) is 6.04 Å². The van der Waals surface area contributed by atoms with Gasteiger partial charge in [0.2, 0.25) is 5.91 Å². The summed E-state index contributed by atoms with van der Waals surface area (Å²) in [6.07, 6.45) is 3.78. The van der Waals surface area contributed by atoms with E-state index in [9.17, 15) is 9.59 Å². The van der Waals surface area contributed by atoms with E-state index in [-0.39, 0.29) is 36.7 Å². The van der Waals surface area contributed by atoms with Crippen molar-refractivity contribution in [2.75, 3.05) is 0 Å². The van der Waals surface area contributed by atoms with Gasteiger partial charge in [0.1, 0.15) is 6.61 Å². The van der Waals surface area contributed by atoms with Crippen LogP contribution in [-0.4, -0.2) is 35.0 Å². The number of ether oxygens (including phenoxy) is 1. The smallest absolute Gasteiger partial charge is 0.410 e. The van der Waals surface area contributed by atoms with Gasteiger partial charge in [-0.3, -0.25) is 9.69 Å². The van der Waals surface area contributed by atoms with Crippen molar-refractivity contribution < 1.29 is 14.3 Å². The fourth-order valence-electron chi connectivity index (χ4n) is 3.74. The molecule has 124 valence electrons. The first-order chi connectivity index (χ1) is 11.2. The molecule has 0 aliphatic carbocycles. The Balaban J connectivity index is 1.73. The van der Waals surface area contributed by atoms with Crippen LogP contribution < -0.4 is 5.32 Å². The molecule has 23 heavy (non-hydrogen) atoms. The Morgan fingerprint density at radius 2 is 2.09 bits per heavy atom. The molecule has 1 aromatic rings. The van der Waals surface area contributed by atoms with Crippen molar-refractivity contribution in [3.05, 3.63) is 35.9 Å². The van der Waals surface area contributed by atoms with Gasteiger partial charge >= 0.3 is 6.09 Å². The Morgan fingerprint density at radius 3 is 2.83 bits per heavy atom. The summed E-state index contributed by atoms with van der Waals surface area (Å²) in [6, 6.07) is 9.72. The molecule has 3 rings (SSSR count). The highest BCUT2D eigenvalue weighted by Crippen LogP contribution is 2.31. The van der Waals surface area contributed by atoms with Crippen LogP contribution in [0.5, 0.6) is 0 Å². The summed E-state index contributed by atoms with van der Waals surface area (Å²) in [5.74, 6) is 0.0482. The van der Waals surface area contributed by atoms with Crippen molar-refractivity contribution >= 4 is 12.0 Å². The summed E-state index contributed by atoms with van der Waals surface area (Å²) >= 11 is 0. The highest BCUT2D eigenvalue weighted by atomic mass is 16.6. The average Bonchev–Trinajstić information content (AvgIpc) is 2.65. The number of carbonyl (C=O) groups is 2. The minimum absolute atomic E-state index is 0.0251. The quantitative estimate of drug-likeness (QED) is 0.933. The average molecular weight is 316 g/mol. The number of nitrogens with one attached hydrogen (secondary N) is 1. The van der Waals surface area contributed by atoms with Gasteiger partial charge in [0, 0.05) is 18.5 Å². The van der Waals surface area contributed by atoms with E-state index in [4.69, 9.17) is 4.74 Å². The molecule has 2 amide bonds. The van der Waals surface area contributed by atoms with Crippen molar-refractivity contribution in [2.45, 2.75) is 63.8 Å². The number of piperidine rings is 1. The van der Waals surface area contributed by atoms with Crippen molar-refractivity contribution in [1.29, 1.82) is 0 Å². The number of carbonyl (C=O) groups excluding carboxylic acids is 2. The Hall–Kier alpha value is -2.04. The lowest BCUT2D eigenvalue weighted by molar-refractivity contribution is -0.121. The van der Waals surface area contributed by atoms with Crippen molar-refractivity contribution in [3.8, 4) is 0 Å². The summed E-state index contributed by atoms with van der Waals surface area (Å²) in [6.45, 7) is 2.32. The molecule has 0 unspecified atom stereocenters. The molecular formula is C18H24N2O3. The lowest BCUT2D eigenvalue weighted by Gasteiger charge is -2.41. The highest BCUT2D eigenvalue weighted by Gasteiger charge is 2.42. The maximum atomic E-state index is 12.7. The highest BCUT2D eigenvalue weighted by molar-refractivity contribution is 5.79. The van der Waals surface area contributed by atoms with Gasteiger partial charge in [-0.1, -0.05) is 37.3 Å². The molecule has 1 aromatic carbocycles. The van der Waals surface area contributed by atoms with Crippen molar-refractivity contribution in [2.24, 2.45) is 0 Å². The Morgan fingerprint density at radius 1 is 1.30 bits per heavy atom. The van der Waals surface area contributed by atoms with Gasteiger partial charge in [-0.15, -0.1) is 0 Å². The van der Waals surface area contributed by atoms with E-state index in [1.807, 2.05) is 42.2 Å². The molecule has 1 N–H and O–H groups in total. The third-order valence-electron chi connectivity index (χ3n) is 4.88. The van der Waals surface area contributed by atoms with E-state index in [0.29, 0.717) is 6.42 Å². The van der Waals surface area contributed by atoms with Gasteiger partial charge in [-0.2, -0.15) is 0 Å². The third-order valence-corrected chi connectivity index (χ3v) is 4.88. The molecule has 0 radical (unpaired) electrons. The van der Waals surface area contributed by atoms with Gasteiger partial charge in [-0.25, -0.2) is 4.79 Å². The van der Waals surface area contributed by atoms with Crippen LogP contribution in [0.3, 0.4) is 0 Å². The number of amides is 2. The number of benzene rings is 1. The molecule has 2 aliphatic heterocycles. The predicted molar refractivity (Wildman–Crippen MR) is 86.7 cm³/mol. The number of hydrogen-bond donors (Lipinski definition) is 1. The Bertz CT molecular complexity index is 561. The second kappa shape index (κ2) is 7.02. The van der Waals surface area contributed by atoms with Gasteiger partial charge in [0.25, 0.3) is 0 Å². The lowest BCUT2D eigenvalue weighted by atomic mass is 9.91. The normalized spacial score (nSPS) is 27.1. The molecular weight excluding hydrogens is 292 g/mol. The van der Waals surface area contributed by atoms with Crippen LogP contribution in [0.25, 0.3) is 0 Å². The van der Waals surface area contributed by atoms with Crippen LogP contribution in [-0.2, 0) is 16.1 Å². The molecule has 5 heteroatoms. The van der Waals surface area contributed by atoms with Crippen LogP contribution in [0.4, 0.5) is 4.79 Å². The van der Waals surface area contributed by atoms with Crippen LogP contribution in [0, 0.1) is 0 Å². The molecule has 2 saturated heterocycles. The summed E-state index contributed by atoms with van der Waals surface area (Å²) in [5, 5.41) is 3.07. The van der Waals surface area contributed by atoms with E-state index >= 15 is 0 Å². The van der Waals surface area contributed by atoms with Gasteiger partial charge < -0.3 is 10.1 Å². The van der Waals surface area contributed by atoms with E-state index in [2.05, 4.69) is 5.32 Å². The van der Waals surface area contributed by atoms with Crippen LogP contribution >= 0.6 is 0 Å². The number of nitrogens with zero attached hydrogens (tertiary/aromatic N) is 1. The van der Waals surface area contributed by atoms with Crippen molar-refractivity contribution in [1.82, 2.24) is 10.2 Å². The largest absolute Gasteiger partial charge is 0.445 e. The zero-order valence-electron chi connectivity index (χ0n) is 13.5. The zero-order valence-corrected chi connectivity index (χ0v) is 13.5. The summed E-state index contributed by atoms with van der Waals surface area (Å²) in [7, 11) is 0. The summed E-state index contributed by atoms with van der Waals surface area (Å²) in [5.41, 5.74) is 0.974. The Labute approximate surface area is 137 Å². The fraction of sp³-hybridized carbons (Fsp3) is 0.556. The second-order valence-corrected chi connectivity index (χ2v) is 6.39. The molecule has 5 nitrogen and oxygen atoms in total. The minimum Gasteiger partial charge on any atom is -0.445 e. The number of rotatable bonds is 3. The first kappa shape index (κ1) is 15.8. The van der Waals surface area contributed by atoms with Crippen LogP contribution in [0.2, 0.25) is 0 Å². The van der Waals surface area contributed by atoms with E-state index in [0.717, 1.165) is 31.2 Å². The zero-order chi connectivity index (χ0) is 16.2. The van der Waals surface area contributed by atoms with E-state index in [1.54, 1.807) is 0 Å². The number of hydrogen-bond acceptors (Lipinski definition) is 3. The SMILES string of the molecule is CC[C@H]1NC(=O)C[C@H]2CCC[C@@H]1N2C(=O)OCc1ccccc1. The first-order valence-corrected chi connectivity index (χ1v) is 8.47. The van der Waals surface area contributed by atoms with E-state index < -0.39 is 0 Å². The van der Waals surface area contributed by atoms with Crippen molar-refractivity contribution in [3.63, 3.8) is 0 Å². The molecule has 2 fully saturated rings.